The first-order valence-corrected chi connectivity index (χ1v) is 4.94. The van der Waals surface area contributed by atoms with E-state index in [4.69, 9.17) is 9.84 Å². The molecule has 0 aliphatic rings. The third kappa shape index (κ3) is 3.66. The van der Waals surface area contributed by atoms with Crippen molar-refractivity contribution in [2.45, 2.75) is 19.8 Å². The average Bonchev–Trinajstić information content (AvgIpc) is 2.24. The van der Waals surface area contributed by atoms with Crippen LogP contribution in [0.15, 0.2) is 18.2 Å². The summed E-state index contributed by atoms with van der Waals surface area (Å²) in [6.07, 6.45) is 0.395. The molecule has 16 heavy (non-hydrogen) atoms. The molecule has 1 aromatic carbocycles. The van der Waals surface area contributed by atoms with Gasteiger partial charge in [-0.1, -0.05) is 29.5 Å². The fourth-order valence-electron chi connectivity index (χ4n) is 1.34. The second kappa shape index (κ2) is 5.82. The van der Waals surface area contributed by atoms with E-state index in [-0.39, 0.29) is 6.42 Å². The number of carbonyl (C=O) groups is 1. The smallest absolute Gasteiger partial charge is 0.315 e. The average molecular weight is 218 g/mol. The van der Waals surface area contributed by atoms with Crippen LogP contribution < -0.4 is 4.74 Å². The predicted octanol–water partition coefficient (Wildman–Crippen LogP) is 2.02. The van der Waals surface area contributed by atoms with Gasteiger partial charge in [-0.3, -0.25) is 4.79 Å². The van der Waals surface area contributed by atoms with E-state index in [0.717, 1.165) is 16.9 Å². The summed E-state index contributed by atoms with van der Waals surface area (Å²) in [6.45, 7) is 1.99. The SMILES string of the molecule is COc1ccc(C)cc1CC#CCC(=O)O. The molecule has 3 nitrogen and oxygen atoms in total. The van der Waals surface area contributed by atoms with Crippen LogP contribution in [0.25, 0.3) is 0 Å². The highest BCUT2D eigenvalue weighted by Gasteiger charge is 2.00. The van der Waals surface area contributed by atoms with Gasteiger partial charge in [-0.15, -0.1) is 0 Å². The number of aryl methyl sites for hydroxylation is 1. The summed E-state index contributed by atoms with van der Waals surface area (Å²) >= 11 is 0. The summed E-state index contributed by atoms with van der Waals surface area (Å²) in [7, 11) is 1.61. The molecule has 0 aliphatic carbocycles. The zero-order valence-corrected chi connectivity index (χ0v) is 9.41. The van der Waals surface area contributed by atoms with Gasteiger partial charge in [0, 0.05) is 12.0 Å². The molecule has 0 aliphatic heterocycles. The summed E-state index contributed by atoms with van der Waals surface area (Å²) in [5.41, 5.74) is 2.12. The second-order valence-corrected chi connectivity index (χ2v) is 3.42. The number of aliphatic carboxylic acids is 1. The van der Waals surface area contributed by atoms with E-state index in [2.05, 4.69) is 11.8 Å². The molecule has 0 spiro atoms. The van der Waals surface area contributed by atoms with E-state index < -0.39 is 5.97 Å². The third-order valence-corrected chi connectivity index (χ3v) is 2.08. The highest BCUT2D eigenvalue weighted by Crippen LogP contribution is 2.19. The summed E-state index contributed by atoms with van der Waals surface area (Å²) in [5.74, 6) is 5.31. The molecule has 3 heteroatoms. The molecule has 0 fully saturated rings. The van der Waals surface area contributed by atoms with E-state index in [1.54, 1.807) is 7.11 Å². The second-order valence-electron chi connectivity index (χ2n) is 3.42. The molecule has 0 atom stereocenters. The maximum absolute atomic E-state index is 10.3. The predicted molar refractivity (Wildman–Crippen MR) is 61.5 cm³/mol. The maximum Gasteiger partial charge on any atom is 0.315 e. The lowest BCUT2D eigenvalue weighted by Gasteiger charge is -2.06. The number of methoxy groups -OCH3 is 1. The number of ether oxygens (including phenoxy) is 1. The minimum absolute atomic E-state index is 0.117. The Labute approximate surface area is 95.1 Å². The van der Waals surface area contributed by atoms with Crippen molar-refractivity contribution in [3.8, 4) is 17.6 Å². The molecule has 0 aromatic heterocycles. The van der Waals surface area contributed by atoms with Crippen LogP contribution >= 0.6 is 0 Å². The molecule has 0 saturated heterocycles. The lowest BCUT2D eigenvalue weighted by atomic mass is 10.1. The van der Waals surface area contributed by atoms with Gasteiger partial charge in [-0.05, 0) is 13.0 Å². The van der Waals surface area contributed by atoms with Gasteiger partial charge in [-0.2, -0.15) is 0 Å². The van der Waals surface area contributed by atoms with Crippen molar-refractivity contribution in [2.75, 3.05) is 7.11 Å². The highest BCUT2D eigenvalue weighted by atomic mass is 16.5. The molecule has 0 heterocycles. The lowest BCUT2D eigenvalue weighted by Crippen LogP contribution is -1.93. The molecule has 0 amide bonds. The van der Waals surface area contributed by atoms with Gasteiger partial charge in [-0.25, -0.2) is 0 Å². The Balaban J connectivity index is 2.74. The summed E-state index contributed by atoms with van der Waals surface area (Å²) < 4.78 is 5.19. The quantitative estimate of drug-likeness (QED) is 0.789. The molecule has 0 unspecified atom stereocenters. The molecule has 0 radical (unpaired) electrons. The van der Waals surface area contributed by atoms with Crippen LogP contribution in [0.2, 0.25) is 0 Å². The Morgan fingerprint density at radius 1 is 1.44 bits per heavy atom. The van der Waals surface area contributed by atoms with Gasteiger partial charge >= 0.3 is 5.97 Å². The van der Waals surface area contributed by atoms with Gasteiger partial charge < -0.3 is 9.84 Å². The first kappa shape index (κ1) is 12.1. The van der Waals surface area contributed by atoms with Crippen LogP contribution in [-0.2, 0) is 11.2 Å². The van der Waals surface area contributed by atoms with E-state index in [1.165, 1.54) is 0 Å². The molecule has 84 valence electrons. The fraction of sp³-hybridized carbons (Fsp3) is 0.308. The monoisotopic (exact) mass is 218 g/mol. The van der Waals surface area contributed by atoms with Crippen molar-refractivity contribution in [3.63, 3.8) is 0 Å². The van der Waals surface area contributed by atoms with E-state index in [1.807, 2.05) is 25.1 Å². The minimum Gasteiger partial charge on any atom is -0.496 e. The Kier molecular flexibility index (Phi) is 4.41. The fourth-order valence-corrected chi connectivity index (χ4v) is 1.34. The Morgan fingerprint density at radius 2 is 2.19 bits per heavy atom. The third-order valence-electron chi connectivity index (χ3n) is 2.08. The topological polar surface area (TPSA) is 46.5 Å². The highest BCUT2D eigenvalue weighted by molar-refractivity contribution is 5.69. The normalized spacial score (nSPS) is 9.12. The first-order chi connectivity index (χ1) is 7.63. The van der Waals surface area contributed by atoms with Crippen LogP contribution in [0.5, 0.6) is 5.75 Å². The molecular weight excluding hydrogens is 204 g/mol. The number of benzene rings is 1. The van der Waals surface area contributed by atoms with Crippen molar-refractivity contribution in [1.82, 2.24) is 0 Å². The zero-order chi connectivity index (χ0) is 12.0. The van der Waals surface area contributed by atoms with Crippen LogP contribution in [-0.4, -0.2) is 18.2 Å². The van der Waals surface area contributed by atoms with Crippen LogP contribution in [0, 0.1) is 18.8 Å². The zero-order valence-electron chi connectivity index (χ0n) is 9.41. The number of hydrogen-bond donors (Lipinski definition) is 1. The van der Waals surface area contributed by atoms with Crippen molar-refractivity contribution >= 4 is 5.97 Å². The van der Waals surface area contributed by atoms with Crippen molar-refractivity contribution in [2.24, 2.45) is 0 Å². The van der Waals surface area contributed by atoms with Crippen molar-refractivity contribution in [1.29, 1.82) is 0 Å². The summed E-state index contributed by atoms with van der Waals surface area (Å²) in [4.78, 5) is 10.3. The lowest BCUT2D eigenvalue weighted by molar-refractivity contribution is -0.135. The Hall–Kier alpha value is -1.95. The molecular formula is C13H14O3. The van der Waals surface area contributed by atoms with Crippen LogP contribution in [0.4, 0.5) is 0 Å². The van der Waals surface area contributed by atoms with E-state index in [0.29, 0.717) is 6.42 Å². The van der Waals surface area contributed by atoms with Gasteiger partial charge in [0.05, 0.1) is 7.11 Å². The Bertz CT molecular complexity index is 438. The summed E-state index contributed by atoms with van der Waals surface area (Å²) in [5, 5.41) is 8.43. The van der Waals surface area contributed by atoms with Crippen molar-refractivity contribution in [3.05, 3.63) is 29.3 Å². The minimum atomic E-state index is -0.899. The number of hydrogen-bond acceptors (Lipinski definition) is 2. The van der Waals surface area contributed by atoms with Gasteiger partial charge in [0.2, 0.25) is 0 Å². The van der Waals surface area contributed by atoms with Crippen LogP contribution in [0.3, 0.4) is 0 Å². The van der Waals surface area contributed by atoms with Gasteiger partial charge in [0.1, 0.15) is 12.2 Å². The van der Waals surface area contributed by atoms with E-state index >= 15 is 0 Å². The molecule has 1 rings (SSSR count). The molecule has 1 aromatic rings. The molecule has 0 bridgehead atoms. The standard InChI is InChI=1S/C13H14O3/c1-10-7-8-12(16-2)11(9-10)5-3-4-6-13(14)15/h7-9H,5-6H2,1-2H3,(H,14,15). The largest absolute Gasteiger partial charge is 0.496 e. The van der Waals surface area contributed by atoms with Crippen molar-refractivity contribution < 1.29 is 14.6 Å². The number of carboxylic acids is 1. The molecule has 1 N–H and O–H groups in total. The van der Waals surface area contributed by atoms with Crippen LogP contribution in [0.1, 0.15) is 17.5 Å². The Morgan fingerprint density at radius 3 is 2.81 bits per heavy atom. The van der Waals surface area contributed by atoms with Gasteiger partial charge in [0.15, 0.2) is 0 Å². The molecule has 0 saturated carbocycles. The number of carboxylic acid groups (broad SMARTS) is 1. The van der Waals surface area contributed by atoms with E-state index in [9.17, 15) is 4.79 Å². The first-order valence-electron chi connectivity index (χ1n) is 4.94. The van der Waals surface area contributed by atoms with Gasteiger partial charge in [0.25, 0.3) is 0 Å². The summed E-state index contributed by atoms with van der Waals surface area (Å²) in [6, 6.07) is 5.85. The number of rotatable bonds is 3. The maximum atomic E-state index is 10.3.